The number of nitrogens with one attached hydrogen (secondary N) is 2. The summed E-state index contributed by atoms with van der Waals surface area (Å²) in [5.41, 5.74) is 6.76. The first kappa shape index (κ1) is 12.1. The molecule has 1 heterocycles. The minimum Gasteiger partial charge on any atom is -0.368 e. The predicted molar refractivity (Wildman–Crippen MR) is 66.6 cm³/mol. The third kappa shape index (κ3) is 3.07. The molecule has 0 radical (unpaired) electrons. The van der Waals surface area contributed by atoms with Crippen LogP contribution in [0.3, 0.4) is 0 Å². The summed E-state index contributed by atoms with van der Waals surface area (Å²) in [6.45, 7) is -0.126. The van der Waals surface area contributed by atoms with Crippen LogP contribution in [0.4, 0.5) is 0 Å². The molecule has 0 bridgehead atoms. The van der Waals surface area contributed by atoms with E-state index in [1.54, 1.807) is 0 Å². The Hall–Kier alpha value is -2.37. The Balaban J connectivity index is 1.90. The van der Waals surface area contributed by atoms with Gasteiger partial charge in [-0.15, -0.1) is 0 Å². The quantitative estimate of drug-likeness (QED) is 0.697. The molecule has 2 aromatic rings. The van der Waals surface area contributed by atoms with Crippen molar-refractivity contribution < 1.29 is 9.59 Å². The number of benzene rings is 1. The fourth-order valence-corrected chi connectivity index (χ4v) is 1.63. The number of hydrogen-bond donors (Lipinski definition) is 3. The van der Waals surface area contributed by atoms with Crippen LogP contribution in [-0.4, -0.2) is 28.3 Å². The lowest BCUT2D eigenvalue weighted by molar-refractivity contribution is -0.124. The zero-order chi connectivity index (χ0) is 13.0. The summed E-state index contributed by atoms with van der Waals surface area (Å²) in [7, 11) is 0. The van der Waals surface area contributed by atoms with Crippen molar-refractivity contribution in [3.8, 4) is 0 Å². The number of imidazole rings is 1. The zero-order valence-corrected chi connectivity index (χ0v) is 9.77. The van der Waals surface area contributed by atoms with Gasteiger partial charge in [0.25, 0.3) is 0 Å². The molecule has 0 spiro atoms. The van der Waals surface area contributed by atoms with Crippen LogP contribution in [0.15, 0.2) is 24.3 Å². The van der Waals surface area contributed by atoms with E-state index in [0.29, 0.717) is 6.42 Å². The molecule has 0 aliphatic rings. The second kappa shape index (κ2) is 5.31. The van der Waals surface area contributed by atoms with Gasteiger partial charge in [0, 0.05) is 12.8 Å². The van der Waals surface area contributed by atoms with Crippen LogP contribution in [0.1, 0.15) is 12.2 Å². The van der Waals surface area contributed by atoms with Crippen LogP contribution in [0.2, 0.25) is 0 Å². The lowest BCUT2D eigenvalue weighted by Gasteiger charge is -2.00. The molecule has 2 rings (SSSR count). The van der Waals surface area contributed by atoms with Crippen LogP contribution >= 0.6 is 0 Å². The molecule has 18 heavy (non-hydrogen) atoms. The van der Waals surface area contributed by atoms with E-state index in [0.717, 1.165) is 16.9 Å². The summed E-state index contributed by atoms with van der Waals surface area (Å²) in [5, 5.41) is 2.43. The standard InChI is InChI=1S/C12H14N4O2/c13-10(17)7-14-12(18)6-5-11-15-8-3-1-2-4-9(8)16-11/h1-4H,5-7H2,(H2,13,17)(H,14,18)(H,15,16). The maximum absolute atomic E-state index is 11.4. The van der Waals surface area contributed by atoms with Gasteiger partial charge in [-0.1, -0.05) is 12.1 Å². The molecule has 0 atom stereocenters. The van der Waals surface area contributed by atoms with Crippen molar-refractivity contribution in [3.05, 3.63) is 30.1 Å². The number of hydrogen-bond acceptors (Lipinski definition) is 3. The second-order valence-corrected chi connectivity index (χ2v) is 3.94. The van der Waals surface area contributed by atoms with E-state index in [1.807, 2.05) is 24.3 Å². The number of rotatable bonds is 5. The van der Waals surface area contributed by atoms with Crippen LogP contribution < -0.4 is 11.1 Å². The van der Waals surface area contributed by atoms with Crippen molar-refractivity contribution in [1.82, 2.24) is 15.3 Å². The van der Waals surface area contributed by atoms with Crippen molar-refractivity contribution >= 4 is 22.8 Å². The largest absolute Gasteiger partial charge is 0.368 e. The van der Waals surface area contributed by atoms with Crippen molar-refractivity contribution in [2.24, 2.45) is 5.73 Å². The van der Waals surface area contributed by atoms with E-state index >= 15 is 0 Å². The number of carbonyl (C=O) groups is 2. The maximum atomic E-state index is 11.4. The van der Waals surface area contributed by atoms with Gasteiger partial charge >= 0.3 is 0 Å². The highest BCUT2D eigenvalue weighted by Gasteiger charge is 2.06. The Bertz CT molecular complexity index is 543. The van der Waals surface area contributed by atoms with Crippen LogP contribution in [-0.2, 0) is 16.0 Å². The minimum absolute atomic E-state index is 0.126. The number of aryl methyl sites for hydroxylation is 1. The summed E-state index contributed by atoms with van der Waals surface area (Å²) in [4.78, 5) is 29.3. The molecule has 6 heteroatoms. The summed E-state index contributed by atoms with van der Waals surface area (Å²) in [5.74, 6) is -0.00762. The first-order valence-corrected chi connectivity index (χ1v) is 5.64. The summed E-state index contributed by atoms with van der Waals surface area (Å²) >= 11 is 0. The Morgan fingerprint density at radius 3 is 2.83 bits per heavy atom. The molecule has 0 fully saturated rings. The molecule has 1 aromatic heterocycles. The van der Waals surface area contributed by atoms with Crippen molar-refractivity contribution in [2.75, 3.05) is 6.54 Å². The van der Waals surface area contributed by atoms with E-state index in [2.05, 4.69) is 15.3 Å². The first-order valence-electron chi connectivity index (χ1n) is 5.64. The van der Waals surface area contributed by atoms with E-state index in [4.69, 9.17) is 5.73 Å². The van der Waals surface area contributed by atoms with Gasteiger partial charge in [0.15, 0.2) is 0 Å². The minimum atomic E-state index is -0.549. The van der Waals surface area contributed by atoms with Gasteiger partial charge in [-0.3, -0.25) is 9.59 Å². The van der Waals surface area contributed by atoms with Gasteiger partial charge in [0.2, 0.25) is 11.8 Å². The number of fused-ring (bicyclic) bond motifs is 1. The highest BCUT2D eigenvalue weighted by Crippen LogP contribution is 2.11. The molecular formula is C12H14N4O2. The molecule has 4 N–H and O–H groups in total. The number of para-hydroxylation sites is 2. The van der Waals surface area contributed by atoms with Gasteiger partial charge in [-0.2, -0.15) is 0 Å². The Morgan fingerprint density at radius 2 is 2.11 bits per heavy atom. The molecule has 1 aromatic carbocycles. The summed E-state index contributed by atoms with van der Waals surface area (Å²) in [6.07, 6.45) is 0.770. The molecule has 0 aliphatic carbocycles. The molecular weight excluding hydrogens is 232 g/mol. The van der Waals surface area contributed by atoms with Gasteiger partial charge in [-0.05, 0) is 12.1 Å². The number of primary amides is 1. The Labute approximate surface area is 104 Å². The normalized spacial score (nSPS) is 10.4. The lowest BCUT2D eigenvalue weighted by atomic mass is 10.3. The van der Waals surface area contributed by atoms with Crippen LogP contribution in [0.25, 0.3) is 11.0 Å². The highest BCUT2D eigenvalue weighted by molar-refractivity contribution is 5.83. The number of amides is 2. The van der Waals surface area contributed by atoms with Gasteiger partial charge in [0.1, 0.15) is 5.82 Å². The average molecular weight is 246 g/mol. The van der Waals surface area contributed by atoms with E-state index in [-0.39, 0.29) is 18.9 Å². The molecule has 0 saturated carbocycles. The highest BCUT2D eigenvalue weighted by atomic mass is 16.2. The molecule has 0 aliphatic heterocycles. The molecule has 2 amide bonds. The van der Waals surface area contributed by atoms with E-state index < -0.39 is 5.91 Å². The van der Waals surface area contributed by atoms with Crippen molar-refractivity contribution in [2.45, 2.75) is 12.8 Å². The summed E-state index contributed by atoms with van der Waals surface area (Å²) in [6, 6.07) is 7.66. The van der Waals surface area contributed by atoms with Crippen molar-refractivity contribution in [3.63, 3.8) is 0 Å². The lowest BCUT2D eigenvalue weighted by Crippen LogP contribution is -2.33. The fraction of sp³-hybridized carbons (Fsp3) is 0.250. The van der Waals surface area contributed by atoms with Crippen LogP contribution in [0, 0.1) is 0 Å². The SMILES string of the molecule is NC(=O)CNC(=O)CCc1nc2ccccc2[nH]1. The number of nitrogens with zero attached hydrogens (tertiary/aromatic N) is 1. The van der Waals surface area contributed by atoms with Crippen molar-refractivity contribution in [1.29, 1.82) is 0 Å². The summed E-state index contributed by atoms with van der Waals surface area (Å²) < 4.78 is 0. The molecule has 6 nitrogen and oxygen atoms in total. The number of nitrogens with two attached hydrogens (primary N) is 1. The third-order valence-corrected chi connectivity index (χ3v) is 2.49. The smallest absolute Gasteiger partial charge is 0.236 e. The number of aromatic nitrogens is 2. The molecule has 0 unspecified atom stereocenters. The van der Waals surface area contributed by atoms with Gasteiger partial charge < -0.3 is 16.0 Å². The Morgan fingerprint density at radius 1 is 1.33 bits per heavy atom. The Kier molecular flexibility index (Phi) is 3.57. The second-order valence-electron chi connectivity index (χ2n) is 3.94. The molecule has 94 valence electrons. The maximum Gasteiger partial charge on any atom is 0.236 e. The third-order valence-electron chi connectivity index (χ3n) is 2.49. The number of carbonyl (C=O) groups excluding carboxylic acids is 2. The molecule has 0 saturated heterocycles. The van der Waals surface area contributed by atoms with Crippen LogP contribution in [0.5, 0.6) is 0 Å². The zero-order valence-electron chi connectivity index (χ0n) is 9.77. The number of H-pyrrole nitrogens is 1. The predicted octanol–water partition coefficient (Wildman–Crippen LogP) is 0.0970. The topological polar surface area (TPSA) is 101 Å². The van der Waals surface area contributed by atoms with Gasteiger partial charge in [0.05, 0.1) is 17.6 Å². The van der Waals surface area contributed by atoms with Gasteiger partial charge in [-0.25, -0.2) is 4.98 Å². The first-order chi connectivity index (χ1) is 8.65. The van der Waals surface area contributed by atoms with E-state index in [1.165, 1.54) is 0 Å². The fourth-order valence-electron chi connectivity index (χ4n) is 1.63. The monoisotopic (exact) mass is 246 g/mol. The number of aromatic amines is 1. The van der Waals surface area contributed by atoms with E-state index in [9.17, 15) is 9.59 Å². The average Bonchev–Trinajstić information content (AvgIpc) is 2.76.